The summed E-state index contributed by atoms with van der Waals surface area (Å²) in [7, 11) is 0. The van der Waals surface area contributed by atoms with Crippen molar-refractivity contribution < 1.29 is 5.11 Å². The molecule has 1 heteroatoms. The number of aliphatic hydroxyl groups excluding tert-OH is 1. The van der Waals surface area contributed by atoms with Gasteiger partial charge in [0.05, 0.1) is 6.26 Å². The normalized spacial score (nSPS) is 28.4. The average Bonchev–Trinajstić information content (AvgIpc) is 2.10. The van der Waals surface area contributed by atoms with Crippen molar-refractivity contribution in [3.05, 3.63) is 11.8 Å². The zero-order chi connectivity index (χ0) is 8.32. The van der Waals surface area contributed by atoms with Crippen molar-refractivity contribution in [2.45, 2.75) is 46.0 Å². The molecule has 0 aromatic carbocycles. The zero-order valence-electron chi connectivity index (χ0n) is 7.56. The third kappa shape index (κ3) is 1.98. The van der Waals surface area contributed by atoms with Crippen molar-refractivity contribution in [2.75, 3.05) is 0 Å². The van der Waals surface area contributed by atoms with Crippen LogP contribution in [-0.2, 0) is 0 Å². The molecule has 1 nitrogen and oxygen atoms in total. The quantitative estimate of drug-likeness (QED) is 0.418. The topological polar surface area (TPSA) is 20.2 Å². The highest BCUT2D eigenvalue weighted by Gasteiger charge is 2.24. The van der Waals surface area contributed by atoms with E-state index in [1.54, 1.807) is 0 Å². The number of rotatable bonds is 0. The second-order valence-electron chi connectivity index (χ2n) is 4.10. The molecule has 0 atom stereocenters. The van der Waals surface area contributed by atoms with E-state index in [1.165, 1.54) is 37.5 Å². The summed E-state index contributed by atoms with van der Waals surface area (Å²) in [6, 6.07) is 0. The molecule has 1 aliphatic rings. The molecule has 0 saturated heterocycles. The lowest BCUT2D eigenvalue weighted by atomic mass is 9.81. The second kappa shape index (κ2) is 3.29. The highest BCUT2D eigenvalue weighted by molar-refractivity contribution is 5.10. The van der Waals surface area contributed by atoms with Crippen molar-refractivity contribution in [2.24, 2.45) is 5.41 Å². The summed E-state index contributed by atoms with van der Waals surface area (Å²) in [6.07, 6.45) is 7.51. The first-order valence-corrected chi connectivity index (χ1v) is 4.50. The van der Waals surface area contributed by atoms with Crippen LogP contribution in [0.25, 0.3) is 0 Å². The predicted molar refractivity (Wildman–Crippen MR) is 47.6 cm³/mol. The Bertz CT molecular complexity index is 156. The van der Waals surface area contributed by atoms with Crippen molar-refractivity contribution in [1.82, 2.24) is 0 Å². The second-order valence-corrected chi connectivity index (χ2v) is 4.10. The van der Waals surface area contributed by atoms with Crippen LogP contribution in [-0.4, -0.2) is 5.11 Å². The predicted octanol–water partition coefficient (Wildman–Crippen LogP) is 3.42. The summed E-state index contributed by atoms with van der Waals surface area (Å²) < 4.78 is 0. The lowest BCUT2D eigenvalue weighted by Crippen LogP contribution is -2.12. The minimum atomic E-state index is 0.241. The fourth-order valence-electron chi connectivity index (χ4n) is 1.80. The summed E-state index contributed by atoms with van der Waals surface area (Å²) >= 11 is 0. The molecule has 0 heterocycles. The van der Waals surface area contributed by atoms with Crippen LogP contribution in [0.2, 0.25) is 0 Å². The van der Waals surface area contributed by atoms with Gasteiger partial charge >= 0.3 is 0 Å². The van der Waals surface area contributed by atoms with Crippen LogP contribution in [0.4, 0.5) is 0 Å². The van der Waals surface area contributed by atoms with E-state index in [2.05, 4.69) is 13.8 Å². The maximum Gasteiger partial charge on any atom is 0.0789 e. The third-order valence-electron chi connectivity index (χ3n) is 2.77. The van der Waals surface area contributed by atoms with Crippen molar-refractivity contribution in [3.8, 4) is 0 Å². The van der Waals surface area contributed by atoms with Crippen molar-refractivity contribution >= 4 is 0 Å². The van der Waals surface area contributed by atoms with Crippen LogP contribution >= 0.6 is 0 Å². The fourth-order valence-corrected chi connectivity index (χ4v) is 1.80. The molecule has 0 aliphatic heterocycles. The van der Waals surface area contributed by atoms with Gasteiger partial charge < -0.3 is 5.11 Å². The lowest BCUT2D eigenvalue weighted by molar-refractivity contribution is 0.373. The number of hydrogen-bond acceptors (Lipinski definition) is 1. The Hall–Kier alpha value is -0.460. The summed E-state index contributed by atoms with van der Waals surface area (Å²) in [4.78, 5) is 0. The van der Waals surface area contributed by atoms with E-state index in [1.807, 2.05) is 0 Å². The van der Waals surface area contributed by atoms with Crippen molar-refractivity contribution in [3.63, 3.8) is 0 Å². The van der Waals surface area contributed by atoms with Crippen LogP contribution < -0.4 is 0 Å². The molecule has 0 aromatic rings. The van der Waals surface area contributed by atoms with Gasteiger partial charge in [0.15, 0.2) is 0 Å². The van der Waals surface area contributed by atoms with E-state index in [4.69, 9.17) is 5.11 Å². The summed E-state index contributed by atoms with van der Waals surface area (Å²) in [5, 5.41) is 8.99. The largest absolute Gasteiger partial charge is 0.516 e. The first-order valence-electron chi connectivity index (χ1n) is 4.50. The highest BCUT2D eigenvalue weighted by atomic mass is 16.2. The number of allylic oxidation sites excluding steroid dienone is 1. The first-order chi connectivity index (χ1) is 5.17. The highest BCUT2D eigenvalue weighted by Crippen LogP contribution is 2.37. The zero-order valence-corrected chi connectivity index (χ0v) is 7.56. The van der Waals surface area contributed by atoms with Crippen LogP contribution in [0.15, 0.2) is 11.8 Å². The molecule has 11 heavy (non-hydrogen) atoms. The average molecular weight is 154 g/mol. The van der Waals surface area contributed by atoms with E-state index in [0.717, 1.165) is 6.42 Å². The minimum absolute atomic E-state index is 0.241. The molecule has 0 unspecified atom stereocenters. The van der Waals surface area contributed by atoms with Crippen LogP contribution in [0, 0.1) is 5.41 Å². The minimum Gasteiger partial charge on any atom is -0.516 e. The Balaban J connectivity index is 2.72. The molecule has 0 spiro atoms. The Labute approximate surface area is 69.1 Å². The molecule has 1 N–H and O–H groups in total. The first kappa shape index (κ1) is 8.63. The van der Waals surface area contributed by atoms with Gasteiger partial charge in [-0.3, -0.25) is 0 Å². The van der Waals surface area contributed by atoms with E-state index in [9.17, 15) is 0 Å². The summed E-state index contributed by atoms with van der Waals surface area (Å²) in [6.45, 7) is 4.45. The molecule has 0 radical (unpaired) electrons. The van der Waals surface area contributed by atoms with Crippen molar-refractivity contribution in [1.29, 1.82) is 0 Å². The van der Waals surface area contributed by atoms with E-state index >= 15 is 0 Å². The summed E-state index contributed by atoms with van der Waals surface area (Å²) in [5.74, 6) is 0. The molecule has 1 fully saturated rings. The van der Waals surface area contributed by atoms with Gasteiger partial charge in [0, 0.05) is 0 Å². The standard InChI is InChI=1S/C10H18O/c1-10(2)7-5-3-4-6-9(10)8-11/h8,11H,3-7H2,1-2H3. The van der Waals surface area contributed by atoms with Crippen LogP contribution in [0.5, 0.6) is 0 Å². The molecular formula is C10H18O. The molecular weight excluding hydrogens is 136 g/mol. The molecule has 1 rings (SSSR count). The smallest absolute Gasteiger partial charge is 0.0789 e. The van der Waals surface area contributed by atoms with E-state index in [0.29, 0.717) is 0 Å². The fraction of sp³-hybridized carbons (Fsp3) is 0.800. The van der Waals surface area contributed by atoms with Gasteiger partial charge in [-0.05, 0) is 30.3 Å². The van der Waals surface area contributed by atoms with Gasteiger partial charge in [-0.25, -0.2) is 0 Å². The maximum atomic E-state index is 8.99. The monoisotopic (exact) mass is 154 g/mol. The Morgan fingerprint density at radius 3 is 2.64 bits per heavy atom. The molecule has 64 valence electrons. The van der Waals surface area contributed by atoms with Gasteiger partial charge in [-0.2, -0.15) is 0 Å². The van der Waals surface area contributed by atoms with Gasteiger partial charge in [-0.15, -0.1) is 0 Å². The summed E-state index contributed by atoms with van der Waals surface area (Å²) in [5.41, 5.74) is 1.47. The third-order valence-corrected chi connectivity index (χ3v) is 2.77. The molecule has 0 aromatic heterocycles. The Kier molecular flexibility index (Phi) is 2.58. The lowest BCUT2D eigenvalue weighted by Gasteiger charge is -2.24. The van der Waals surface area contributed by atoms with Crippen LogP contribution in [0.3, 0.4) is 0 Å². The molecule has 0 bridgehead atoms. The number of aliphatic hydroxyl groups is 1. The van der Waals surface area contributed by atoms with E-state index < -0.39 is 0 Å². The molecule has 1 saturated carbocycles. The maximum absolute atomic E-state index is 8.99. The van der Waals surface area contributed by atoms with Gasteiger partial charge in [0.25, 0.3) is 0 Å². The molecule has 1 aliphatic carbocycles. The van der Waals surface area contributed by atoms with Gasteiger partial charge in [-0.1, -0.05) is 26.7 Å². The van der Waals surface area contributed by atoms with E-state index in [-0.39, 0.29) is 5.41 Å². The van der Waals surface area contributed by atoms with Crippen LogP contribution in [0.1, 0.15) is 46.0 Å². The Morgan fingerprint density at radius 1 is 1.27 bits per heavy atom. The van der Waals surface area contributed by atoms with Gasteiger partial charge in [0.2, 0.25) is 0 Å². The number of hydrogen-bond donors (Lipinski definition) is 1. The molecule has 0 amide bonds. The van der Waals surface area contributed by atoms with Gasteiger partial charge in [0.1, 0.15) is 0 Å². The Morgan fingerprint density at radius 2 is 2.00 bits per heavy atom. The SMILES string of the molecule is CC1(C)CCCCCC1=CO.